The van der Waals surface area contributed by atoms with E-state index in [-0.39, 0.29) is 12.5 Å². The first-order chi connectivity index (χ1) is 10.5. The third kappa shape index (κ3) is 3.09. The Morgan fingerprint density at radius 2 is 2.18 bits per heavy atom. The molecule has 120 valence electrons. The van der Waals surface area contributed by atoms with Crippen LogP contribution in [0.1, 0.15) is 36.3 Å². The molecule has 2 N–H and O–H groups in total. The topological polar surface area (TPSA) is 63.5 Å². The third-order valence-corrected chi connectivity index (χ3v) is 3.76. The van der Waals surface area contributed by atoms with E-state index < -0.39 is 6.10 Å². The van der Waals surface area contributed by atoms with E-state index in [1.165, 1.54) is 0 Å². The zero-order valence-electron chi connectivity index (χ0n) is 13.6. The van der Waals surface area contributed by atoms with Crippen LogP contribution in [0.3, 0.4) is 0 Å². The Morgan fingerprint density at radius 1 is 1.45 bits per heavy atom. The molecular weight excluding hydrogens is 280 g/mol. The first-order valence-corrected chi connectivity index (χ1v) is 7.62. The van der Waals surface area contributed by atoms with Crippen LogP contribution in [0.5, 0.6) is 5.75 Å². The summed E-state index contributed by atoms with van der Waals surface area (Å²) in [6.07, 6.45) is 0.425. The number of hydrogen-bond donors (Lipinski definition) is 2. The number of aromatic nitrogens is 1. The Bertz CT molecular complexity index is 674. The molecule has 5 heteroatoms. The average molecular weight is 304 g/mol. The molecule has 2 rings (SSSR count). The molecule has 0 fully saturated rings. The molecular formula is C17H24N2O3. The number of methoxy groups -OCH3 is 1. The second-order valence-electron chi connectivity index (χ2n) is 5.55. The van der Waals surface area contributed by atoms with Crippen molar-refractivity contribution in [3.8, 4) is 5.75 Å². The zero-order chi connectivity index (χ0) is 16.3. The minimum absolute atomic E-state index is 0.161. The molecule has 0 spiro atoms. The maximum Gasteiger partial charge on any atom is 0.253 e. The van der Waals surface area contributed by atoms with E-state index >= 15 is 0 Å². The first kappa shape index (κ1) is 16.4. The molecule has 1 aromatic carbocycles. The fourth-order valence-corrected chi connectivity index (χ4v) is 2.72. The molecule has 1 aromatic heterocycles. The molecule has 0 saturated carbocycles. The van der Waals surface area contributed by atoms with Gasteiger partial charge in [-0.15, -0.1) is 0 Å². The van der Waals surface area contributed by atoms with Crippen LogP contribution in [0.4, 0.5) is 0 Å². The van der Waals surface area contributed by atoms with Gasteiger partial charge in [0.1, 0.15) is 5.75 Å². The fourth-order valence-electron chi connectivity index (χ4n) is 2.72. The fraction of sp³-hybridized carbons (Fsp3) is 0.471. The maximum atomic E-state index is 12.5. The van der Waals surface area contributed by atoms with E-state index in [1.54, 1.807) is 14.0 Å². The monoisotopic (exact) mass is 304 g/mol. The minimum atomic E-state index is -0.567. The molecule has 2 aromatic rings. The summed E-state index contributed by atoms with van der Waals surface area (Å²) in [5, 5.41) is 13.0. The lowest BCUT2D eigenvalue weighted by molar-refractivity contribution is 0.0925. The SMILES string of the molecule is CCCn1c(C)c(C(=O)NCC(C)O)c2cc(OC)ccc21. The molecule has 1 unspecified atom stereocenters. The molecule has 22 heavy (non-hydrogen) atoms. The lowest BCUT2D eigenvalue weighted by Crippen LogP contribution is -2.30. The number of aryl methyl sites for hydroxylation is 1. The molecule has 5 nitrogen and oxygen atoms in total. The van der Waals surface area contributed by atoms with Crippen LogP contribution in [0.25, 0.3) is 10.9 Å². The smallest absolute Gasteiger partial charge is 0.253 e. The summed E-state index contributed by atoms with van der Waals surface area (Å²) in [5.41, 5.74) is 2.62. The van der Waals surface area contributed by atoms with Crippen molar-refractivity contribution in [2.45, 2.75) is 39.8 Å². The predicted molar refractivity (Wildman–Crippen MR) is 87.5 cm³/mol. The second-order valence-corrected chi connectivity index (χ2v) is 5.55. The normalized spacial score (nSPS) is 12.4. The number of rotatable bonds is 6. The number of benzene rings is 1. The van der Waals surface area contributed by atoms with Crippen molar-refractivity contribution in [1.82, 2.24) is 9.88 Å². The Morgan fingerprint density at radius 3 is 2.77 bits per heavy atom. The maximum absolute atomic E-state index is 12.5. The summed E-state index contributed by atoms with van der Waals surface area (Å²) in [6.45, 7) is 6.82. The number of carbonyl (C=O) groups excluding carboxylic acids is 1. The zero-order valence-corrected chi connectivity index (χ0v) is 13.6. The molecule has 0 bridgehead atoms. The van der Waals surface area contributed by atoms with Crippen molar-refractivity contribution in [3.63, 3.8) is 0 Å². The van der Waals surface area contributed by atoms with Crippen molar-refractivity contribution in [2.24, 2.45) is 0 Å². The molecule has 0 aliphatic carbocycles. The Kier molecular flexibility index (Phi) is 5.08. The van der Waals surface area contributed by atoms with Crippen LogP contribution in [-0.2, 0) is 6.54 Å². The van der Waals surface area contributed by atoms with Gasteiger partial charge in [-0.3, -0.25) is 4.79 Å². The first-order valence-electron chi connectivity index (χ1n) is 7.62. The average Bonchev–Trinajstić information content (AvgIpc) is 2.77. The highest BCUT2D eigenvalue weighted by Gasteiger charge is 2.20. The van der Waals surface area contributed by atoms with Crippen molar-refractivity contribution in [3.05, 3.63) is 29.5 Å². The lowest BCUT2D eigenvalue weighted by atomic mass is 10.1. The number of hydrogen-bond acceptors (Lipinski definition) is 3. The van der Waals surface area contributed by atoms with Gasteiger partial charge >= 0.3 is 0 Å². The van der Waals surface area contributed by atoms with Crippen LogP contribution in [-0.4, -0.2) is 35.3 Å². The number of amides is 1. The molecule has 1 amide bonds. The molecule has 1 heterocycles. The van der Waals surface area contributed by atoms with E-state index in [0.29, 0.717) is 5.56 Å². The van der Waals surface area contributed by atoms with Gasteiger partial charge in [0.2, 0.25) is 0 Å². The number of ether oxygens (including phenoxy) is 1. The van der Waals surface area contributed by atoms with Crippen LogP contribution in [0.15, 0.2) is 18.2 Å². The highest BCUT2D eigenvalue weighted by molar-refractivity contribution is 6.08. The van der Waals surface area contributed by atoms with Gasteiger partial charge in [-0.1, -0.05) is 6.92 Å². The van der Waals surface area contributed by atoms with Gasteiger partial charge in [-0.05, 0) is 38.5 Å². The summed E-state index contributed by atoms with van der Waals surface area (Å²) in [7, 11) is 1.62. The van der Waals surface area contributed by atoms with Gasteiger partial charge in [0.25, 0.3) is 5.91 Å². The van der Waals surface area contributed by atoms with Crippen molar-refractivity contribution in [2.75, 3.05) is 13.7 Å². The van der Waals surface area contributed by atoms with Crippen molar-refractivity contribution < 1.29 is 14.6 Å². The van der Waals surface area contributed by atoms with E-state index in [2.05, 4.69) is 16.8 Å². The van der Waals surface area contributed by atoms with Gasteiger partial charge in [-0.2, -0.15) is 0 Å². The van der Waals surface area contributed by atoms with Crippen LogP contribution >= 0.6 is 0 Å². The standard InChI is InChI=1S/C17H24N2O3/c1-5-8-19-12(3)16(17(21)18-10-11(2)20)14-9-13(22-4)6-7-15(14)19/h6-7,9,11,20H,5,8,10H2,1-4H3,(H,18,21). The van der Waals surface area contributed by atoms with Crippen LogP contribution < -0.4 is 10.1 Å². The molecule has 0 aliphatic heterocycles. The molecule has 0 saturated heterocycles. The Balaban J connectivity index is 2.55. The summed E-state index contributed by atoms with van der Waals surface area (Å²) >= 11 is 0. The Hall–Kier alpha value is -2.01. The number of nitrogens with one attached hydrogen (secondary N) is 1. The minimum Gasteiger partial charge on any atom is -0.497 e. The summed E-state index contributed by atoms with van der Waals surface area (Å²) < 4.78 is 7.44. The molecule has 0 aliphatic rings. The number of nitrogens with zero attached hydrogens (tertiary/aromatic N) is 1. The quantitative estimate of drug-likeness (QED) is 0.862. The van der Waals surface area contributed by atoms with Crippen LogP contribution in [0, 0.1) is 6.92 Å². The highest BCUT2D eigenvalue weighted by Crippen LogP contribution is 2.29. The van der Waals surface area contributed by atoms with E-state index in [4.69, 9.17) is 4.74 Å². The molecule has 0 radical (unpaired) electrons. The number of aliphatic hydroxyl groups is 1. The summed E-state index contributed by atoms with van der Waals surface area (Å²) in [5.74, 6) is 0.567. The van der Waals surface area contributed by atoms with Crippen molar-refractivity contribution >= 4 is 16.8 Å². The van der Waals surface area contributed by atoms with E-state index in [0.717, 1.165) is 35.3 Å². The molecule has 1 atom stereocenters. The van der Waals surface area contributed by atoms with Crippen molar-refractivity contribution in [1.29, 1.82) is 0 Å². The predicted octanol–water partition coefficient (Wildman–Crippen LogP) is 2.48. The van der Waals surface area contributed by atoms with E-state index in [1.807, 2.05) is 25.1 Å². The van der Waals surface area contributed by atoms with Gasteiger partial charge in [0.05, 0.1) is 18.8 Å². The largest absolute Gasteiger partial charge is 0.497 e. The van der Waals surface area contributed by atoms with Gasteiger partial charge in [0.15, 0.2) is 0 Å². The van der Waals surface area contributed by atoms with Gasteiger partial charge < -0.3 is 19.7 Å². The summed E-state index contributed by atoms with van der Waals surface area (Å²) in [4.78, 5) is 12.5. The number of fused-ring (bicyclic) bond motifs is 1. The number of carbonyl (C=O) groups is 1. The van der Waals surface area contributed by atoms with E-state index in [9.17, 15) is 9.90 Å². The van der Waals surface area contributed by atoms with Gasteiger partial charge in [0, 0.05) is 29.7 Å². The summed E-state index contributed by atoms with van der Waals surface area (Å²) in [6, 6.07) is 5.79. The number of aliphatic hydroxyl groups excluding tert-OH is 1. The second kappa shape index (κ2) is 6.83. The third-order valence-electron chi connectivity index (χ3n) is 3.76. The van der Waals surface area contributed by atoms with Gasteiger partial charge in [-0.25, -0.2) is 0 Å². The lowest BCUT2D eigenvalue weighted by Gasteiger charge is -2.08. The van der Waals surface area contributed by atoms with Crippen LogP contribution in [0.2, 0.25) is 0 Å². The Labute approximate surface area is 130 Å². The highest BCUT2D eigenvalue weighted by atomic mass is 16.5.